The highest BCUT2D eigenvalue weighted by Crippen LogP contribution is 2.33. The average molecular weight is 411 g/mol. The van der Waals surface area contributed by atoms with Gasteiger partial charge in [-0.2, -0.15) is 0 Å². The second kappa shape index (κ2) is 7.94. The molecule has 122 valence electrons. The Kier molecular flexibility index (Phi) is 6.51. The molecule has 0 radical (unpaired) electrons. The van der Waals surface area contributed by atoms with E-state index in [9.17, 15) is 0 Å². The molecule has 3 N–H and O–H groups in total. The van der Waals surface area contributed by atoms with Crippen molar-refractivity contribution >= 4 is 29.9 Å². The Labute approximate surface area is 143 Å². The van der Waals surface area contributed by atoms with Gasteiger partial charge in [-0.1, -0.05) is 12.8 Å². The molecule has 2 aliphatic heterocycles. The van der Waals surface area contributed by atoms with Crippen molar-refractivity contribution in [3.05, 3.63) is 0 Å². The molecular formula is C14H26IN3O3. The van der Waals surface area contributed by atoms with Gasteiger partial charge in [0.25, 0.3) is 0 Å². The summed E-state index contributed by atoms with van der Waals surface area (Å²) in [6.07, 6.45) is 6.60. The van der Waals surface area contributed by atoms with Crippen LogP contribution in [0.1, 0.15) is 38.5 Å². The van der Waals surface area contributed by atoms with E-state index in [4.69, 9.17) is 19.9 Å². The van der Waals surface area contributed by atoms with Gasteiger partial charge >= 0.3 is 0 Å². The zero-order chi connectivity index (χ0) is 13.8. The molecule has 3 rings (SSSR count). The van der Waals surface area contributed by atoms with Gasteiger partial charge in [0.1, 0.15) is 6.10 Å². The molecule has 3 fully saturated rings. The van der Waals surface area contributed by atoms with Crippen molar-refractivity contribution in [1.82, 2.24) is 5.32 Å². The van der Waals surface area contributed by atoms with Crippen LogP contribution in [0.4, 0.5) is 0 Å². The molecule has 1 saturated carbocycles. The fourth-order valence-corrected chi connectivity index (χ4v) is 3.18. The lowest BCUT2D eigenvalue weighted by molar-refractivity contribution is -0.210. The van der Waals surface area contributed by atoms with E-state index in [0.717, 1.165) is 12.8 Å². The lowest BCUT2D eigenvalue weighted by atomic mass is 10.1. The van der Waals surface area contributed by atoms with E-state index in [0.29, 0.717) is 38.4 Å². The average Bonchev–Trinajstić information content (AvgIpc) is 3.08. The molecule has 0 aromatic heterocycles. The molecular weight excluding hydrogens is 385 g/mol. The number of guanidine groups is 1. The first-order chi connectivity index (χ1) is 9.76. The normalized spacial score (nSPS) is 29.5. The van der Waals surface area contributed by atoms with Crippen LogP contribution in [0.25, 0.3) is 0 Å². The van der Waals surface area contributed by atoms with E-state index in [-0.39, 0.29) is 30.1 Å². The van der Waals surface area contributed by atoms with Crippen LogP contribution in [0.3, 0.4) is 0 Å². The van der Waals surface area contributed by atoms with Crippen molar-refractivity contribution in [1.29, 1.82) is 0 Å². The maximum Gasteiger partial charge on any atom is 0.188 e. The molecule has 1 aliphatic carbocycles. The van der Waals surface area contributed by atoms with Crippen molar-refractivity contribution in [2.24, 2.45) is 10.7 Å². The molecule has 0 aromatic carbocycles. The highest BCUT2D eigenvalue weighted by molar-refractivity contribution is 14.0. The van der Waals surface area contributed by atoms with E-state index in [1.165, 1.54) is 25.7 Å². The summed E-state index contributed by atoms with van der Waals surface area (Å²) in [6.45, 7) is 2.58. The predicted molar refractivity (Wildman–Crippen MR) is 90.9 cm³/mol. The Bertz CT molecular complexity index is 355. The summed E-state index contributed by atoms with van der Waals surface area (Å²) in [4.78, 5) is 4.39. The molecule has 21 heavy (non-hydrogen) atoms. The summed E-state index contributed by atoms with van der Waals surface area (Å²) >= 11 is 0. The third-order valence-electron chi connectivity index (χ3n) is 4.34. The number of rotatable bonds is 3. The van der Waals surface area contributed by atoms with Crippen LogP contribution >= 0.6 is 24.0 Å². The topological polar surface area (TPSA) is 78.1 Å². The van der Waals surface area contributed by atoms with Crippen LogP contribution in [0.5, 0.6) is 0 Å². The molecule has 0 bridgehead atoms. The van der Waals surface area contributed by atoms with Gasteiger partial charge in [0.05, 0.1) is 26.4 Å². The van der Waals surface area contributed by atoms with Crippen molar-refractivity contribution in [2.75, 3.05) is 26.4 Å². The highest BCUT2D eigenvalue weighted by Gasteiger charge is 2.42. The molecule has 1 atom stereocenters. The first-order valence-electron chi connectivity index (χ1n) is 7.72. The van der Waals surface area contributed by atoms with E-state index < -0.39 is 5.79 Å². The lowest BCUT2D eigenvalue weighted by Crippen LogP contribution is -2.40. The van der Waals surface area contributed by atoms with E-state index >= 15 is 0 Å². The summed E-state index contributed by atoms with van der Waals surface area (Å²) < 4.78 is 17.2. The van der Waals surface area contributed by atoms with Gasteiger partial charge < -0.3 is 25.3 Å². The Morgan fingerprint density at radius 1 is 1.24 bits per heavy atom. The Hall–Kier alpha value is -0.120. The zero-order valence-electron chi connectivity index (χ0n) is 12.4. The maximum atomic E-state index is 6.02. The number of hydrogen-bond acceptors (Lipinski definition) is 4. The molecule has 2 saturated heterocycles. The minimum Gasteiger partial charge on any atom is -0.381 e. The van der Waals surface area contributed by atoms with Crippen molar-refractivity contribution < 1.29 is 14.2 Å². The zero-order valence-corrected chi connectivity index (χ0v) is 14.7. The highest BCUT2D eigenvalue weighted by atomic mass is 127. The second-order valence-electron chi connectivity index (χ2n) is 5.93. The SMILES string of the molecule is I.NC(=NCC1COC2(CCOCC2)O1)NC1CCCC1. The fourth-order valence-electron chi connectivity index (χ4n) is 3.18. The molecule has 1 spiro atoms. The number of nitrogens with two attached hydrogens (primary N) is 1. The van der Waals surface area contributed by atoms with Gasteiger partial charge in [-0.05, 0) is 12.8 Å². The summed E-state index contributed by atoms with van der Waals surface area (Å²) in [5.74, 6) is 0.111. The molecule has 2 heterocycles. The smallest absolute Gasteiger partial charge is 0.188 e. The summed E-state index contributed by atoms with van der Waals surface area (Å²) in [5.41, 5.74) is 5.92. The first-order valence-corrected chi connectivity index (χ1v) is 7.72. The van der Waals surface area contributed by atoms with Crippen LogP contribution in [0, 0.1) is 0 Å². The molecule has 0 aromatic rings. The maximum absolute atomic E-state index is 6.02. The summed E-state index contributed by atoms with van der Waals surface area (Å²) in [6, 6.07) is 0.501. The molecule has 1 unspecified atom stereocenters. The molecule has 3 aliphatic rings. The number of nitrogens with zero attached hydrogens (tertiary/aromatic N) is 1. The van der Waals surface area contributed by atoms with Gasteiger partial charge in [-0.15, -0.1) is 24.0 Å². The molecule has 7 heteroatoms. The van der Waals surface area contributed by atoms with Gasteiger partial charge in [0, 0.05) is 18.9 Å². The predicted octanol–water partition coefficient (Wildman–Crippen LogP) is 1.37. The minimum atomic E-state index is -0.425. The molecule has 6 nitrogen and oxygen atoms in total. The number of ether oxygens (including phenoxy) is 3. The fraction of sp³-hybridized carbons (Fsp3) is 0.929. The Balaban J connectivity index is 0.00000161. The Morgan fingerprint density at radius 2 is 1.95 bits per heavy atom. The first kappa shape index (κ1) is 17.2. The van der Waals surface area contributed by atoms with Gasteiger partial charge in [-0.25, -0.2) is 0 Å². The number of aliphatic imine (C=N–C) groups is 1. The van der Waals surface area contributed by atoms with Crippen LogP contribution in [-0.2, 0) is 14.2 Å². The van der Waals surface area contributed by atoms with Crippen LogP contribution < -0.4 is 11.1 Å². The number of nitrogens with one attached hydrogen (secondary N) is 1. The van der Waals surface area contributed by atoms with E-state index in [1.807, 2.05) is 0 Å². The van der Waals surface area contributed by atoms with E-state index in [1.54, 1.807) is 0 Å². The van der Waals surface area contributed by atoms with Gasteiger partial charge in [-0.3, -0.25) is 4.99 Å². The summed E-state index contributed by atoms with van der Waals surface area (Å²) in [7, 11) is 0. The Morgan fingerprint density at radius 3 is 2.67 bits per heavy atom. The minimum absolute atomic E-state index is 0. The lowest BCUT2D eigenvalue weighted by Gasteiger charge is -2.31. The standard InChI is InChI=1S/C14H25N3O3.HI/c15-13(17-11-3-1-2-4-11)16-9-12-10-19-14(20-12)5-7-18-8-6-14;/h11-12H,1-10H2,(H3,15,16,17);1H. The van der Waals surface area contributed by atoms with Gasteiger partial charge in [0.15, 0.2) is 11.7 Å². The van der Waals surface area contributed by atoms with E-state index in [2.05, 4.69) is 10.3 Å². The monoisotopic (exact) mass is 411 g/mol. The van der Waals surface area contributed by atoms with Crippen molar-refractivity contribution in [3.63, 3.8) is 0 Å². The quantitative estimate of drug-likeness (QED) is 0.417. The summed E-state index contributed by atoms with van der Waals surface area (Å²) in [5, 5.41) is 3.29. The van der Waals surface area contributed by atoms with Crippen molar-refractivity contribution in [3.8, 4) is 0 Å². The largest absolute Gasteiger partial charge is 0.381 e. The van der Waals surface area contributed by atoms with Crippen LogP contribution in [0.15, 0.2) is 4.99 Å². The van der Waals surface area contributed by atoms with Gasteiger partial charge in [0.2, 0.25) is 0 Å². The van der Waals surface area contributed by atoms with Crippen LogP contribution in [0.2, 0.25) is 0 Å². The van der Waals surface area contributed by atoms with Crippen LogP contribution in [-0.4, -0.2) is 50.3 Å². The number of hydrogen-bond donors (Lipinski definition) is 2. The van der Waals surface area contributed by atoms with Crippen molar-refractivity contribution in [2.45, 2.75) is 56.5 Å². The third-order valence-corrected chi connectivity index (χ3v) is 4.34. The second-order valence-corrected chi connectivity index (χ2v) is 5.93. The molecule has 0 amide bonds. The number of halogens is 1. The third kappa shape index (κ3) is 4.67.